The maximum absolute atomic E-state index is 12.2. The Kier molecular flexibility index (Phi) is 5.38. The second-order valence-corrected chi connectivity index (χ2v) is 5.62. The number of rotatable bonds is 3. The standard InChI is InChI=1S/C16H24N4O2/c1-4-19-9-11-20(12-10-19)16(22)15(21)17-13-5-7-14(8-6-13)18(2)3/h5-8H,4,9-12H2,1-3H3,(H,17,21). The zero-order chi connectivity index (χ0) is 16.1. The summed E-state index contributed by atoms with van der Waals surface area (Å²) >= 11 is 0. The third kappa shape index (κ3) is 3.98. The SMILES string of the molecule is CCN1CCN(C(=O)C(=O)Nc2ccc(N(C)C)cc2)CC1. The number of benzene rings is 1. The van der Waals surface area contributed by atoms with Crippen LogP contribution in [0, 0.1) is 0 Å². The molecule has 2 amide bonds. The Morgan fingerprint density at radius 2 is 1.68 bits per heavy atom. The highest BCUT2D eigenvalue weighted by Gasteiger charge is 2.25. The number of nitrogens with one attached hydrogen (secondary N) is 1. The van der Waals surface area contributed by atoms with Crippen LogP contribution < -0.4 is 10.2 Å². The number of anilines is 2. The van der Waals surface area contributed by atoms with E-state index in [1.807, 2.05) is 31.1 Å². The van der Waals surface area contributed by atoms with Gasteiger partial charge in [-0.25, -0.2) is 0 Å². The molecule has 0 spiro atoms. The minimum atomic E-state index is -0.567. The minimum Gasteiger partial charge on any atom is -0.378 e. The molecule has 0 unspecified atom stereocenters. The van der Waals surface area contributed by atoms with Gasteiger partial charge in [-0.15, -0.1) is 0 Å². The first-order valence-electron chi connectivity index (χ1n) is 7.61. The Morgan fingerprint density at radius 1 is 1.09 bits per heavy atom. The van der Waals surface area contributed by atoms with E-state index in [1.165, 1.54) is 0 Å². The van der Waals surface area contributed by atoms with Crippen LogP contribution in [0.1, 0.15) is 6.92 Å². The molecule has 1 fully saturated rings. The van der Waals surface area contributed by atoms with Gasteiger partial charge in [-0.3, -0.25) is 9.59 Å². The summed E-state index contributed by atoms with van der Waals surface area (Å²) in [5, 5.41) is 2.67. The topological polar surface area (TPSA) is 55.9 Å². The predicted molar refractivity (Wildman–Crippen MR) is 88.1 cm³/mol. The molecule has 0 aliphatic carbocycles. The highest BCUT2D eigenvalue weighted by atomic mass is 16.2. The van der Waals surface area contributed by atoms with E-state index in [4.69, 9.17) is 0 Å². The van der Waals surface area contributed by atoms with Crippen molar-refractivity contribution >= 4 is 23.2 Å². The first-order valence-corrected chi connectivity index (χ1v) is 7.61. The van der Waals surface area contributed by atoms with Gasteiger partial charge in [-0.05, 0) is 30.8 Å². The third-order valence-corrected chi connectivity index (χ3v) is 3.94. The zero-order valence-electron chi connectivity index (χ0n) is 13.5. The van der Waals surface area contributed by atoms with Crippen LogP contribution in [-0.4, -0.2) is 68.4 Å². The average Bonchev–Trinajstić information content (AvgIpc) is 2.54. The average molecular weight is 304 g/mol. The van der Waals surface area contributed by atoms with Crippen molar-refractivity contribution < 1.29 is 9.59 Å². The van der Waals surface area contributed by atoms with E-state index >= 15 is 0 Å². The first-order chi connectivity index (χ1) is 10.5. The lowest BCUT2D eigenvalue weighted by Gasteiger charge is -2.33. The lowest BCUT2D eigenvalue weighted by molar-refractivity contribution is -0.144. The number of hydrogen-bond donors (Lipinski definition) is 1. The van der Waals surface area contributed by atoms with E-state index in [0.29, 0.717) is 18.8 Å². The van der Waals surface area contributed by atoms with Crippen LogP contribution in [0.5, 0.6) is 0 Å². The van der Waals surface area contributed by atoms with Crippen molar-refractivity contribution in [1.29, 1.82) is 0 Å². The Hall–Kier alpha value is -2.08. The van der Waals surface area contributed by atoms with Gasteiger partial charge in [-0.2, -0.15) is 0 Å². The summed E-state index contributed by atoms with van der Waals surface area (Å²) in [4.78, 5) is 30.1. The smallest absolute Gasteiger partial charge is 0.313 e. The highest BCUT2D eigenvalue weighted by molar-refractivity contribution is 6.39. The van der Waals surface area contributed by atoms with Crippen LogP contribution in [0.15, 0.2) is 24.3 Å². The minimum absolute atomic E-state index is 0.451. The lowest BCUT2D eigenvalue weighted by Crippen LogP contribution is -2.51. The molecule has 120 valence electrons. The van der Waals surface area contributed by atoms with Gasteiger partial charge in [0.15, 0.2) is 0 Å². The van der Waals surface area contributed by atoms with Crippen molar-refractivity contribution in [2.75, 3.05) is 57.0 Å². The molecule has 1 heterocycles. The van der Waals surface area contributed by atoms with Gasteiger partial charge in [0.2, 0.25) is 0 Å². The predicted octanol–water partition coefficient (Wildman–Crippen LogP) is 0.855. The molecule has 0 bridgehead atoms. The van der Waals surface area contributed by atoms with Gasteiger partial charge >= 0.3 is 11.8 Å². The van der Waals surface area contributed by atoms with Crippen molar-refractivity contribution in [3.8, 4) is 0 Å². The van der Waals surface area contributed by atoms with Gasteiger partial charge in [-0.1, -0.05) is 6.92 Å². The summed E-state index contributed by atoms with van der Waals surface area (Å²) in [7, 11) is 3.90. The number of nitrogens with zero attached hydrogens (tertiary/aromatic N) is 3. The van der Waals surface area contributed by atoms with E-state index in [0.717, 1.165) is 25.3 Å². The molecule has 6 nitrogen and oxygen atoms in total. The summed E-state index contributed by atoms with van der Waals surface area (Å²) in [6.45, 7) is 5.95. The van der Waals surface area contributed by atoms with Crippen molar-refractivity contribution in [2.45, 2.75) is 6.92 Å². The number of hydrogen-bond acceptors (Lipinski definition) is 4. The second kappa shape index (κ2) is 7.26. The Bertz CT molecular complexity index is 519. The van der Waals surface area contributed by atoms with Crippen molar-refractivity contribution in [3.05, 3.63) is 24.3 Å². The van der Waals surface area contributed by atoms with Crippen LogP contribution in [0.25, 0.3) is 0 Å². The van der Waals surface area contributed by atoms with Crippen molar-refractivity contribution in [1.82, 2.24) is 9.80 Å². The number of likely N-dealkylation sites (N-methyl/N-ethyl adjacent to an activating group) is 1. The molecule has 22 heavy (non-hydrogen) atoms. The van der Waals surface area contributed by atoms with Crippen LogP contribution in [0.2, 0.25) is 0 Å². The lowest BCUT2D eigenvalue weighted by atomic mass is 10.2. The van der Waals surface area contributed by atoms with Gasteiger partial charge in [0.05, 0.1) is 0 Å². The van der Waals surface area contributed by atoms with Crippen molar-refractivity contribution in [2.24, 2.45) is 0 Å². The monoisotopic (exact) mass is 304 g/mol. The molecule has 2 rings (SSSR count). The quantitative estimate of drug-likeness (QED) is 0.842. The summed E-state index contributed by atoms with van der Waals surface area (Å²) in [5.74, 6) is -1.02. The second-order valence-electron chi connectivity index (χ2n) is 5.62. The number of amides is 2. The molecular formula is C16H24N4O2. The van der Waals surface area contributed by atoms with Gasteiger partial charge in [0, 0.05) is 51.6 Å². The fourth-order valence-corrected chi connectivity index (χ4v) is 2.44. The van der Waals surface area contributed by atoms with Gasteiger partial charge < -0.3 is 20.0 Å². The van der Waals surface area contributed by atoms with Crippen molar-refractivity contribution in [3.63, 3.8) is 0 Å². The molecule has 1 saturated heterocycles. The molecule has 6 heteroatoms. The van der Waals surface area contributed by atoms with E-state index in [2.05, 4.69) is 17.1 Å². The Labute approximate surface area is 131 Å². The molecule has 0 radical (unpaired) electrons. The molecule has 1 aromatic carbocycles. The zero-order valence-corrected chi connectivity index (χ0v) is 13.5. The van der Waals surface area contributed by atoms with E-state index in [9.17, 15) is 9.59 Å². The van der Waals surface area contributed by atoms with Gasteiger partial charge in [0.1, 0.15) is 0 Å². The van der Waals surface area contributed by atoms with E-state index < -0.39 is 11.8 Å². The maximum Gasteiger partial charge on any atom is 0.313 e. The molecule has 0 saturated carbocycles. The Balaban J connectivity index is 1.90. The maximum atomic E-state index is 12.2. The van der Waals surface area contributed by atoms with Crippen LogP contribution >= 0.6 is 0 Å². The van der Waals surface area contributed by atoms with E-state index in [1.54, 1.807) is 17.0 Å². The Morgan fingerprint density at radius 3 is 2.18 bits per heavy atom. The molecule has 0 aromatic heterocycles. The fourth-order valence-electron chi connectivity index (χ4n) is 2.44. The highest BCUT2D eigenvalue weighted by Crippen LogP contribution is 2.15. The molecule has 0 atom stereocenters. The molecule has 1 aliphatic heterocycles. The number of carbonyl (C=O) groups excluding carboxylic acids is 2. The number of piperazine rings is 1. The summed E-state index contributed by atoms with van der Waals surface area (Å²) < 4.78 is 0. The number of carbonyl (C=O) groups is 2. The van der Waals surface area contributed by atoms with Crippen LogP contribution in [0.3, 0.4) is 0 Å². The summed E-state index contributed by atoms with van der Waals surface area (Å²) in [6.07, 6.45) is 0. The van der Waals surface area contributed by atoms with Gasteiger partial charge in [0.25, 0.3) is 0 Å². The van der Waals surface area contributed by atoms with Crippen LogP contribution in [0.4, 0.5) is 11.4 Å². The normalized spacial score (nSPS) is 15.5. The molecule has 1 N–H and O–H groups in total. The molecule has 1 aliphatic rings. The van der Waals surface area contributed by atoms with Crippen LogP contribution in [-0.2, 0) is 9.59 Å². The molecule has 1 aromatic rings. The third-order valence-electron chi connectivity index (χ3n) is 3.94. The summed E-state index contributed by atoms with van der Waals surface area (Å²) in [6, 6.07) is 7.41. The fraction of sp³-hybridized carbons (Fsp3) is 0.500. The molecular weight excluding hydrogens is 280 g/mol. The first kappa shape index (κ1) is 16.3. The largest absolute Gasteiger partial charge is 0.378 e. The summed E-state index contributed by atoms with van der Waals surface area (Å²) in [5.41, 5.74) is 1.68. The van der Waals surface area contributed by atoms with E-state index in [-0.39, 0.29) is 0 Å².